The van der Waals surface area contributed by atoms with E-state index in [-0.39, 0.29) is 23.4 Å². The Kier molecular flexibility index (Phi) is 5.33. The largest absolute Gasteiger partial charge is 0.507 e. The number of amides is 1. The molecule has 0 saturated carbocycles. The minimum absolute atomic E-state index is 0.0463. The van der Waals surface area contributed by atoms with Gasteiger partial charge < -0.3 is 23.9 Å². The molecule has 0 spiro atoms. The third kappa shape index (κ3) is 3.35. The van der Waals surface area contributed by atoms with Gasteiger partial charge in [0.25, 0.3) is 11.7 Å². The van der Waals surface area contributed by atoms with Gasteiger partial charge in [-0.1, -0.05) is 6.07 Å². The standard InChI is InChI=1S/C22H19NO6S/c1-27-13-7-8-15(17(11-13)28-2)20(24)18-19(16-6-3-9-29-16)23(22(26)21(18)25)12-14-5-4-10-30-14/h3-11,19,24H,12H2,1-2H3/b20-18-. The molecular formula is C22H19NO6S. The molecule has 1 saturated heterocycles. The Balaban J connectivity index is 1.86. The lowest BCUT2D eigenvalue weighted by atomic mass is 9.98. The average Bonchev–Trinajstić information content (AvgIpc) is 3.52. The zero-order valence-electron chi connectivity index (χ0n) is 16.3. The van der Waals surface area contributed by atoms with Gasteiger partial charge in [-0.05, 0) is 35.7 Å². The van der Waals surface area contributed by atoms with Crippen LogP contribution < -0.4 is 9.47 Å². The van der Waals surface area contributed by atoms with Crippen molar-refractivity contribution in [2.45, 2.75) is 12.6 Å². The van der Waals surface area contributed by atoms with Crippen LogP contribution in [-0.2, 0) is 16.1 Å². The first-order chi connectivity index (χ1) is 14.5. The second kappa shape index (κ2) is 8.08. The van der Waals surface area contributed by atoms with E-state index in [1.54, 1.807) is 30.3 Å². The number of aliphatic hydroxyl groups is 1. The second-order valence-electron chi connectivity index (χ2n) is 6.59. The number of Topliss-reactive ketones (excluding diaryl/α,β-unsaturated/α-hetero) is 1. The zero-order chi connectivity index (χ0) is 21.3. The molecule has 1 aromatic carbocycles. The van der Waals surface area contributed by atoms with E-state index < -0.39 is 17.7 Å². The number of carbonyl (C=O) groups excluding carboxylic acids is 2. The van der Waals surface area contributed by atoms with Gasteiger partial charge in [-0.3, -0.25) is 9.59 Å². The van der Waals surface area contributed by atoms with E-state index in [9.17, 15) is 14.7 Å². The highest BCUT2D eigenvalue weighted by atomic mass is 32.1. The Hall–Kier alpha value is -3.52. The molecule has 1 aliphatic heterocycles. The van der Waals surface area contributed by atoms with Crippen molar-refractivity contribution in [3.05, 3.63) is 75.9 Å². The monoisotopic (exact) mass is 425 g/mol. The molecule has 0 radical (unpaired) electrons. The van der Waals surface area contributed by atoms with E-state index in [0.29, 0.717) is 17.3 Å². The third-order valence-electron chi connectivity index (χ3n) is 4.92. The van der Waals surface area contributed by atoms with Gasteiger partial charge in [-0.2, -0.15) is 0 Å². The van der Waals surface area contributed by atoms with Gasteiger partial charge in [0.15, 0.2) is 0 Å². The number of ketones is 1. The number of methoxy groups -OCH3 is 2. The summed E-state index contributed by atoms with van der Waals surface area (Å²) in [4.78, 5) is 28.2. The number of hydrogen-bond donors (Lipinski definition) is 1. The van der Waals surface area contributed by atoms with Crippen LogP contribution in [0.2, 0.25) is 0 Å². The summed E-state index contributed by atoms with van der Waals surface area (Å²) >= 11 is 1.48. The highest BCUT2D eigenvalue weighted by molar-refractivity contribution is 7.09. The van der Waals surface area contributed by atoms with Crippen LogP contribution in [0.3, 0.4) is 0 Å². The Morgan fingerprint density at radius 3 is 2.63 bits per heavy atom. The summed E-state index contributed by atoms with van der Waals surface area (Å²) in [6.07, 6.45) is 1.47. The smallest absolute Gasteiger partial charge is 0.296 e. The van der Waals surface area contributed by atoms with Crippen LogP contribution in [0.15, 0.2) is 64.1 Å². The highest BCUT2D eigenvalue weighted by Crippen LogP contribution is 2.42. The molecule has 1 N–H and O–H groups in total. The molecule has 3 aromatic rings. The molecule has 4 rings (SSSR count). The first-order valence-electron chi connectivity index (χ1n) is 9.11. The highest BCUT2D eigenvalue weighted by Gasteiger charge is 2.47. The number of ether oxygens (including phenoxy) is 2. The predicted molar refractivity (Wildman–Crippen MR) is 110 cm³/mol. The Labute approximate surface area is 176 Å². The van der Waals surface area contributed by atoms with Crippen LogP contribution in [0.1, 0.15) is 22.2 Å². The maximum atomic E-state index is 13.0. The number of benzene rings is 1. The number of aliphatic hydroxyl groups excluding tert-OH is 1. The van der Waals surface area contributed by atoms with Crippen LogP contribution >= 0.6 is 11.3 Å². The predicted octanol–water partition coefficient (Wildman–Crippen LogP) is 3.98. The Bertz CT molecular complexity index is 1100. The maximum absolute atomic E-state index is 13.0. The summed E-state index contributed by atoms with van der Waals surface area (Å²) in [5.41, 5.74) is 0.235. The van der Waals surface area contributed by atoms with Crippen molar-refractivity contribution in [3.8, 4) is 11.5 Å². The molecular weight excluding hydrogens is 406 g/mol. The average molecular weight is 425 g/mol. The van der Waals surface area contributed by atoms with Crippen LogP contribution in [0.25, 0.3) is 5.76 Å². The molecule has 8 heteroatoms. The van der Waals surface area contributed by atoms with E-state index in [1.807, 2.05) is 17.5 Å². The number of rotatable bonds is 6. The molecule has 0 aliphatic carbocycles. The van der Waals surface area contributed by atoms with Gasteiger partial charge in [-0.15, -0.1) is 11.3 Å². The molecule has 1 fully saturated rings. The summed E-state index contributed by atoms with van der Waals surface area (Å²) in [5.74, 6) is -0.566. The number of furan rings is 1. The van der Waals surface area contributed by atoms with Crippen molar-refractivity contribution in [1.29, 1.82) is 0 Å². The summed E-state index contributed by atoms with van der Waals surface area (Å²) in [7, 11) is 2.96. The second-order valence-corrected chi connectivity index (χ2v) is 7.62. The van der Waals surface area contributed by atoms with Gasteiger partial charge in [0.2, 0.25) is 0 Å². The molecule has 7 nitrogen and oxygen atoms in total. The molecule has 0 bridgehead atoms. The summed E-state index contributed by atoms with van der Waals surface area (Å²) in [5, 5.41) is 13.0. The molecule has 1 aliphatic rings. The van der Waals surface area contributed by atoms with Crippen molar-refractivity contribution in [2.75, 3.05) is 14.2 Å². The lowest BCUT2D eigenvalue weighted by Gasteiger charge is -2.22. The summed E-state index contributed by atoms with van der Waals surface area (Å²) in [6, 6.07) is 11.1. The van der Waals surface area contributed by atoms with Crippen LogP contribution in [0, 0.1) is 0 Å². The van der Waals surface area contributed by atoms with E-state index in [2.05, 4.69) is 0 Å². The number of carbonyl (C=O) groups is 2. The minimum Gasteiger partial charge on any atom is -0.507 e. The minimum atomic E-state index is -0.853. The van der Waals surface area contributed by atoms with Gasteiger partial charge in [0.1, 0.15) is 29.1 Å². The summed E-state index contributed by atoms with van der Waals surface area (Å²) < 4.78 is 16.1. The van der Waals surface area contributed by atoms with Gasteiger partial charge in [0, 0.05) is 10.9 Å². The first-order valence-corrected chi connectivity index (χ1v) is 9.99. The molecule has 2 aromatic heterocycles. The maximum Gasteiger partial charge on any atom is 0.296 e. The van der Waals surface area contributed by atoms with E-state index in [4.69, 9.17) is 13.9 Å². The summed E-state index contributed by atoms with van der Waals surface area (Å²) in [6.45, 7) is 0.226. The van der Waals surface area contributed by atoms with Crippen molar-refractivity contribution in [1.82, 2.24) is 4.90 Å². The fourth-order valence-electron chi connectivity index (χ4n) is 3.50. The quantitative estimate of drug-likeness (QED) is 0.365. The topological polar surface area (TPSA) is 89.2 Å². The number of thiophene rings is 1. The molecule has 1 unspecified atom stereocenters. The molecule has 154 valence electrons. The van der Waals surface area contributed by atoms with Crippen molar-refractivity contribution in [3.63, 3.8) is 0 Å². The van der Waals surface area contributed by atoms with Crippen molar-refractivity contribution >= 4 is 28.8 Å². The lowest BCUT2D eigenvalue weighted by Crippen LogP contribution is -2.28. The molecule has 1 amide bonds. The lowest BCUT2D eigenvalue weighted by molar-refractivity contribution is -0.140. The van der Waals surface area contributed by atoms with Crippen molar-refractivity contribution < 1.29 is 28.6 Å². The first kappa shape index (κ1) is 19.8. The molecule has 30 heavy (non-hydrogen) atoms. The Morgan fingerprint density at radius 1 is 1.17 bits per heavy atom. The van der Waals surface area contributed by atoms with Crippen LogP contribution in [-0.4, -0.2) is 35.9 Å². The van der Waals surface area contributed by atoms with Gasteiger partial charge >= 0.3 is 0 Å². The SMILES string of the molecule is COc1ccc(/C(O)=C2/C(=O)C(=O)N(Cc3cccs3)C2c2ccco2)c(OC)c1. The Morgan fingerprint density at radius 2 is 2.00 bits per heavy atom. The van der Waals surface area contributed by atoms with Gasteiger partial charge in [-0.25, -0.2) is 0 Å². The van der Waals surface area contributed by atoms with E-state index in [1.165, 1.54) is 36.7 Å². The fraction of sp³-hybridized carbons (Fsp3) is 0.182. The molecule has 1 atom stereocenters. The van der Waals surface area contributed by atoms with Gasteiger partial charge in [0.05, 0.1) is 38.2 Å². The normalized spacial score (nSPS) is 18.1. The zero-order valence-corrected chi connectivity index (χ0v) is 17.1. The van der Waals surface area contributed by atoms with Crippen LogP contribution in [0.5, 0.6) is 11.5 Å². The number of likely N-dealkylation sites (tertiary alicyclic amines) is 1. The molecule has 3 heterocycles. The van der Waals surface area contributed by atoms with Crippen LogP contribution in [0.4, 0.5) is 0 Å². The number of nitrogens with zero attached hydrogens (tertiary/aromatic N) is 1. The van der Waals surface area contributed by atoms with E-state index in [0.717, 1.165) is 4.88 Å². The van der Waals surface area contributed by atoms with E-state index >= 15 is 0 Å². The number of hydrogen-bond acceptors (Lipinski definition) is 7. The fourth-order valence-corrected chi connectivity index (χ4v) is 4.20. The van der Waals surface area contributed by atoms with Crippen molar-refractivity contribution in [2.24, 2.45) is 0 Å². The third-order valence-corrected chi connectivity index (χ3v) is 5.78.